The summed E-state index contributed by atoms with van der Waals surface area (Å²) in [4.78, 5) is 0. The second-order valence-corrected chi connectivity index (χ2v) is 8.01. The van der Waals surface area contributed by atoms with Gasteiger partial charge in [-0.3, -0.25) is 4.68 Å². The van der Waals surface area contributed by atoms with Crippen LogP contribution in [0.15, 0.2) is 6.20 Å². The SMILES string of the molecule is CNC(c1c(Cl)cnn1CCOC)C1CCCCS1(=O)=O. The van der Waals surface area contributed by atoms with Gasteiger partial charge in [0.05, 0.1) is 47.1 Å². The first kappa shape index (κ1) is 16.7. The molecule has 1 aliphatic heterocycles. The largest absolute Gasteiger partial charge is 0.383 e. The molecule has 0 aromatic carbocycles. The fourth-order valence-electron chi connectivity index (χ4n) is 2.89. The van der Waals surface area contributed by atoms with Crippen molar-refractivity contribution in [3.05, 3.63) is 16.9 Å². The van der Waals surface area contributed by atoms with Crippen molar-refractivity contribution in [1.29, 1.82) is 0 Å². The molecule has 1 aliphatic rings. The lowest BCUT2D eigenvalue weighted by molar-refractivity contribution is 0.181. The van der Waals surface area contributed by atoms with Crippen LogP contribution in [0.25, 0.3) is 0 Å². The van der Waals surface area contributed by atoms with Crippen molar-refractivity contribution < 1.29 is 13.2 Å². The minimum absolute atomic E-state index is 0.250. The van der Waals surface area contributed by atoms with E-state index in [0.717, 1.165) is 18.5 Å². The van der Waals surface area contributed by atoms with Gasteiger partial charge in [-0.15, -0.1) is 0 Å². The molecule has 1 aromatic rings. The van der Waals surface area contributed by atoms with Gasteiger partial charge < -0.3 is 10.1 Å². The predicted octanol–water partition coefficient (Wildman–Crippen LogP) is 1.41. The van der Waals surface area contributed by atoms with E-state index < -0.39 is 15.1 Å². The van der Waals surface area contributed by atoms with Crippen LogP contribution in [0.5, 0.6) is 0 Å². The third-order valence-corrected chi connectivity index (χ3v) is 6.53. The molecule has 0 spiro atoms. The molecule has 1 N–H and O–H groups in total. The minimum Gasteiger partial charge on any atom is -0.383 e. The third-order valence-electron chi connectivity index (χ3n) is 3.95. The minimum atomic E-state index is -3.11. The summed E-state index contributed by atoms with van der Waals surface area (Å²) in [6.07, 6.45) is 3.88. The van der Waals surface area contributed by atoms with E-state index in [2.05, 4.69) is 10.4 Å². The highest BCUT2D eigenvalue weighted by Gasteiger charge is 2.38. The summed E-state index contributed by atoms with van der Waals surface area (Å²) in [5.74, 6) is 0.250. The molecule has 0 saturated carbocycles. The van der Waals surface area contributed by atoms with Crippen LogP contribution in [0.2, 0.25) is 5.02 Å². The molecule has 6 nitrogen and oxygen atoms in total. The Balaban J connectivity index is 2.34. The number of aromatic nitrogens is 2. The third kappa shape index (κ3) is 3.59. The summed E-state index contributed by atoms with van der Waals surface area (Å²) < 4.78 is 31.6. The lowest BCUT2D eigenvalue weighted by Gasteiger charge is -2.30. The first-order chi connectivity index (χ1) is 10.0. The first-order valence-corrected chi connectivity index (χ1v) is 9.19. The number of ether oxygens (including phenoxy) is 1. The number of rotatable bonds is 6. The zero-order valence-electron chi connectivity index (χ0n) is 12.4. The lowest BCUT2D eigenvalue weighted by Crippen LogP contribution is -2.40. The number of hydrogen-bond acceptors (Lipinski definition) is 5. The van der Waals surface area contributed by atoms with Gasteiger partial charge in [-0.1, -0.05) is 18.0 Å². The smallest absolute Gasteiger partial charge is 0.155 e. The van der Waals surface area contributed by atoms with Crippen molar-refractivity contribution in [2.24, 2.45) is 0 Å². The van der Waals surface area contributed by atoms with Crippen LogP contribution in [0.4, 0.5) is 0 Å². The van der Waals surface area contributed by atoms with Crippen LogP contribution in [0.1, 0.15) is 31.0 Å². The molecule has 0 radical (unpaired) electrons. The van der Waals surface area contributed by atoms with Gasteiger partial charge in [0, 0.05) is 7.11 Å². The Labute approximate surface area is 130 Å². The molecule has 1 saturated heterocycles. The highest BCUT2D eigenvalue weighted by molar-refractivity contribution is 7.92. The van der Waals surface area contributed by atoms with E-state index in [1.807, 2.05) is 0 Å². The van der Waals surface area contributed by atoms with E-state index in [9.17, 15) is 8.42 Å². The highest BCUT2D eigenvalue weighted by atomic mass is 35.5. The normalized spacial score (nSPS) is 23.1. The number of methoxy groups -OCH3 is 1. The predicted molar refractivity (Wildman–Crippen MR) is 82.3 cm³/mol. The number of nitrogens with one attached hydrogen (secondary N) is 1. The van der Waals surface area contributed by atoms with E-state index in [1.165, 1.54) is 0 Å². The molecule has 1 fully saturated rings. The summed E-state index contributed by atoms with van der Waals surface area (Å²) in [6, 6.07) is -0.345. The molecule has 2 heterocycles. The van der Waals surface area contributed by atoms with Gasteiger partial charge in [-0.25, -0.2) is 8.42 Å². The van der Waals surface area contributed by atoms with Crippen molar-refractivity contribution in [2.45, 2.75) is 37.1 Å². The van der Waals surface area contributed by atoms with Crippen molar-refractivity contribution >= 4 is 21.4 Å². The average molecular weight is 336 g/mol. The molecule has 2 atom stereocenters. The Morgan fingerprint density at radius 1 is 1.57 bits per heavy atom. The van der Waals surface area contributed by atoms with Crippen LogP contribution >= 0.6 is 11.6 Å². The van der Waals surface area contributed by atoms with Crippen molar-refractivity contribution in [2.75, 3.05) is 26.5 Å². The molecule has 21 heavy (non-hydrogen) atoms. The maximum atomic E-state index is 12.4. The van der Waals surface area contributed by atoms with Gasteiger partial charge in [0.1, 0.15) is 0 Å². The number of sulfone groups is 1. The van der Waals surface area contributed by atoms with E-state index in [1.54, 1.807) is 25.0 Å². The van der Waals surface area contributed by atoms with E-state index in [-0.39, 0.29) is 11.8 Å². The van der Waals surface area contributed by atoms with E-state index in [0.29, 0.717) is 24.6 Å². The molecule has 8 heteroatoms. The van der Waals surface area contributed by atoms with Gasteiger partial charge in [-0.05, 0) is 19.9 Å². The highest BCUT2D eigenvalue weighted by Crippen LogP contribution is 2.33. The van der Waals surface area contributed by atoms with Crippen LogP contribution < -0.4 is 5.32 Å². The zero-order valence-corrected chi connectivity index (χ0v) is 14.0. The monoisotopic (exact) mass is 335 g/mol. The summed E-state index contributed by atoms with van der Waals surface area (Å²) >= 11 is 6.25. The second-order valence-electron chi connectivity index (χ2n) is 5.26. The Morgan fingerprint density at radius 3 is 2.95 bits per heavy atom. The Morgan fingerprint density at radius 2 is 2.33 bits per heavy atom. The summed E-state index contributed by atoms with van der Waals surface area (Å²) in [6.45, 7) is 1.04. The molecule has 120 valence electrons. The molecule has 0 aliphatic carbocycles. The summed E-state index contributed by atoms with van der Waals surface area (Å²) in [5, 5.41) is 7.40. The molecule has 2 unspecified atom stereocenters. The standard InChI is InChI=1S/C13H22ClN3O3S/c1-15-12(11-5-3-4-8-21(11,18)19)13-10(14)9-16-17(13)6-7-20-2/h9,11-12,15H,3-8H2,1-2H3. The van der Waals surface area contributed by atoms with Crippen LogP contribution in [0, 0.1) is 0 Å². The first-order valence-electron chi connectivity index (χ1n) is 7.10. The number of nitrogens with zero attached hydrogens (tertiary/aromatic N) is 2. The molecule has 0 amide bonds. The van der Waals surface area contributed by atoms with Gasteiger partial charge in [0.25, 0.3) is 0 Å². The van der Waals surface area contributed by atoms with Gasteiger partial charge in [0.15, 0.2) is 9.84 Å². The van der Waals surface area contributed by atoms with E-state index in [4.69, 9.17) is 16.3 Å². The van der Waals surface area contributed by atoms with Crippen LogP contribution in [-0.2, 0) is 21.1 Å². The fraction of sp³-hybridized carbons (Fsp3) is 0.769. The zero-order chi connectivity index (χ0) is 15.5. The lowest BCUT2D eigenvalue weighted by atomic mass is 10.0. The van der Waals surface area contributed by atoms with Crippen molar-refractivity contribution in [3.8, 4) is 0 Å². The number of halogens is 1. The Kier molecular flexibility index (Phi) is 5.65. The van der Waals surface area contributed by atoms with Gasteiger partial charge in [-0.2, -0.15) is 5.10 Å². The number of hydrogen-bond donors (Lipinski definition) is 1. The van der Waals surface area contributed by atoms with Gasteiger partial charge >= 0.3 is 0 Å². The van der Waals surface area contributed by atoms with Crippen molar-refractivity contribution in [1.82, 2.24) is 15.1 Å². The maximum Gasteiger partial charge on any atom is 0.155 e. The maximum absolute atomic E-state index is 12.4. The second kappa shape index (κ2) is 7.09. The molecule has 1 aromatic heterocycles. The van der Waals surface area contributed by atoms with Crippen LogP contribution in [0.3, 0.4) is 0 Å². The summed E-state index contributed by atoms with van der Waals surface area (Å²) in [5.41, 5.74) is 0.728. The fourth-order valence-corrected chi connectivity index (χ4v) is 5.26. The van der Waals surface area contributed by atoms with E-state index >= 15 is 0 Å². The Hall–Kier alpha value is -0.630. The summed E-state index contributed by atoms with van der Waals surface area (Å²) in [7, 11) is 0.271. The quantitative estimate of drug-likeness (QED) is 0.851. The average Bonchev–Trinajstić information content (AvgIpc) is 2.80. The van der Waals surface area contributed by atoms with Gasteiger partial charge in [0.2, 0.25) is 0 Å². The topological polar surface area (TPSA) is 73.2 Å². The van der Waals surface area contributed by atoms with Crippen molar-refractivity contribution in [3.63, 3.8) is 0 Å². The molecular weight excluding hydrogens is 314 g/mol. The Bertz CT molecular complexity index is 573. The molecular formula is C13H22ClN3O3S. The van der Waals surface area contributed by atoms with Crippen LogP contribution in [-0.4, -0.2) is 50.0 Å². The molecule has 2 rings (SSSR count). The molecule has 0 bridgehead atoms.